The number of fused-ring (bicyclic) bond motifs is 1. The van der Waals surface area contributed by atoms with Crippen molar-refractivity contribution in [2.45, 2.75) is 0 Å². The number of phenols is 2. The number of aromatic amines is 1. The number of phenolic OH excluding ortho intramolecular Hbond substituents is 2. The maximum absolute atomic E-state index is 14.0. The van der Waals surface area contributed by atoms with Crippen LogP contribution in [-0.4, -0.2) is 43.2 Å². The smallest absolute Gasteiger partial charge is 0.336 e. The highest BCUT2D eigenvalue weighted by atomic mass is 19.1. The molecule has 0 aliphatic heterocycles. The van der Waals surface area contributed by atoms with Crippen LogP contribution in [0.3, 0.4) is 0 Å². The van der Waals surface area contributed by atoms with Gasteiger partial charge in [0.1, 0.15) is 23.2 Å². The van der Waals surface area contributed by atoms with Crippen molar-refractivity contribution < 1.29 is 34.4 Å². The molecule has 3 aromatic carbocycles. The number of carboxylic acids is 2. The number of carbonyl (C=O) groups is 2. The number of nitrogen functional groups attached to an aromatic ring is 1. The van der Waals surface area contributed by atoms with E-state index in [0.717, 1.165) is 24.3 Å². The van der Waals surface area contributed by atoms with E-state index < -0.39 is 29.1 Å². The van der Waals surface area contributed by atoms with Crippen molar-refractivity contribution in [3.8, 4) is 33.9 Å². The molecule has 0 fully saturated rings. The minimum absolute atomic E-state index is 0.0688. The topological polar surface area (TPSA) is 181 Å². The number of hydrogen-bond donors (Lipinski definition) is 7. The van der Waals surface area contributed by atoms with Crippen LogP contribution >= 0.6 is 0 Å². The van der Waals surface area contributed by atoms with Gasteiger partial charge >= 0.3 is 11.9 Å². The van der Waals surface area contributed by atoms with E-state index in [1.807, 2.05) is 0 Å². The molecule has 0 aliphatic carbocycles. The van der Waals surface area contributed by atoms with Crippen molar-refractivity contribution in [3.05, 3.63) is 77.6 Å². The van der Waals surface area contributed by atoms with Gasteiger partial charge in [0.15, 0.2) is 0 Å². The van der Waals surface area contributed by atoms with E-state index in [0.29, 0.717) is 28.2 Å². The maximum Gasteiger partial charge on any atom is 0.336 e. The van der Waals surface area contributed by atoms with Crippen molar-refractivity contribution in [1.29, 1.82) is 5.41 Å². The number of aromatic hydroxyl groups is 2. The quantitative estimate of drug-likeness (QED) is 0.125. The van der Waals surface area contributed by atoms with Crippen LogP contribution in [0.4, 0.5) is 4.39 Å². The molecule has 9 nitrogen and oxygen atoms in total. The zero-order chi connectivity index (χ0) is 25.4. The number of benzene rings is 3. The average Bonchev–Trinajstić information content (AvgIpc) is 3.22. The first-order valence-electron chi connectivity index (χ1n) is 10.1. The molecule has 0 atom stereocenters. The molecule has 0 bridgehead atoms. The number of aromatic nitrogens is 1. The fraction of sp³-hybridized carbons (Fsp3) is 0. The number of rotatable bonds is 6. The third-order valence-corrected chi connectivity index (χ3v) is 5.39. The maximum atomic E-state index is 14.0. The Balaban J connectivity index is 2.04. The standard InChI is InChI=1S/C25H18FN3O6/c26-14-2-4-21(30)16(9-14)17-6-12(15(25(34)35)10-22(31)32)7-18(23(17)33)20-8-13-5-11(24(27)28)1-3-19(13)29-20/h1-10,29-30,33H,(H3,27,28)(H,31,32)(H,34,35)/b15-10-. The Kier molecular flexibility index (Phi) is 5.71. The Bertz CT molecular complexity index is 1570. The number of hydrogen-bond acceptors (Lipinski definition) is 5. The molecule has 1 aromatic heterocycles. The van der Waals surface area contributed by atoms with Crippen molar-refractivity contribution >= 4 is 34.3 Å². The van der Waals surface area contributed by atoms with Crippen molar-refractivity contribution in [3.63, 3.8) is 0 Å². The first-order chi connectivity index (χ1) is 16.5. The number of nitrogens with two attached hydrogens (primary N) is 1. The molecular weight excluding hydrogens is 457 g/mol. The summed E-state index contributed by atoms with van der Waals surface area (Å²) in [6.07, 6.45) is 0.498. The van der Waals surface area contributed by atoms with Crippen LogP contribution in [0.5, 0.6) is 11.5 Å². The second kappa shape index (κ2) is 8.67. The number of carboxylic acid groups (broad SMARTS) is 2. The minimum atomic E-state index is -1.54. The summed E-state index contributed by atoms with van der Waals surface area (Å²) in [5.74, 6) is -4.70. The highest BCUT2D eigenvalue weighted by molar-refractivity contribution is 6.20. The molecule has 4 aromatic rings. The summed E-state index contributed by atoms with van der Waals surface area (Å²) >= 11 is 0. The van der Waals surface area contributed by atoms with Gasteiger partial charge in [-0.15, -0.1) is 0 Å². The summed E-state index contributed by atoms with van der Waals surface area (Å²) in [5, 5.41) is 48.4. The molecule has 0 amide bonds. The van der Waals surface area contributed by atoms with Gasteiger partial charge in [0.25, 0.3) is 0 Å². The van der Waals surface area contributed by atoms with Gasteiger partial charge in [0.2, 0.25) is 0 Å². The zero-order valence-corrected chi connectivity index (χ0v) is 17.8. The molecule has 0 aliphatic rings. The molecular formula is C25H18FN3O6. The lowest BCUT2D eigenvalue weighted by molar-refractivity contribution is -0.133. The molecule has 10 heteroatoms. The molecule has 4 rings (SSSR count). The molecule has 0 spiro atoms. The number of amidine groups is 1. The third-order valence-electron chi connectivity index (χ3n) is 5.39. The summed E-state index contributed by atoms with van der Waals surface area (Å²) in [7, 11) is 0. The highest BCUT2D eigenvalue weighted by Crippen LogP contribution is 2.44. The van der Waals surface area contributed by atoms with Crippen LogP contribution in [0.25, 0.3) is 38.9 Å². The van der Waals surface area contributed by atoms with Gasteiger partial charge < -0.3 is 31.1 Å². The van der Waals surface area contributed by atoms with Gasteiger partial charge in [0, 0.05) is 39.2 Å². The highest BCUT2D eigenvalue weighted by Gasteiger charge is 2.22. The summed E-state index contributed by atoms with van der Waals surface area (Å²) < 4.78 is 14.0. The average molecular weight is 475 g/mol. The Hall–Kier alpha value is -5.12. The first-order valence-corrected chi connectivity index (χ1v) is 10.1. The lowest BCUT2D eigenvalue weighted by atomic mass is 9.93. The van der Waals surface area contributed by atoms with E-state index in [-0.39, 0.29) is 33.8 Å². The third kappa shape index (κ3) is 4.40. The normalized spacial score (nSPS) is 11.5. The fourth-order valence-electron chi connectivity index (χ4n) is 3.76. The summed E-state index contributed by atoms with van der Waals surface area (Å²) in [4.78, 5) is 26.2. The summed E-state index contributed by atoms with van der Waals surface area (Å²) in [5.41, 5.74) is 6.08. The Morgan fingerprint density at radius 1 is 0.914 bits per heavy atom. The largest absolute Gasteiger partial charge is 0.507 e. The van der Waals surface area contributed by atoms with Crippen molar-refractivity contribution in [1.82, 2.24) is 4.98 Å². The predicted molar refractivity (Wildman–Crippen MR) is 127 cm³/mol. The van der Waals surface area contributed by atoms with Crippen LogP contribution in [0.15, 0.2) is 60.7 Å². The monoisotopic (exact) mass is 475 g/mol. The van der Waals surface area contributed by atoms with E-state index in [1.54, 1.807) is 24.3 Å². The summed E-state index contributed by atoms with van der Waals surface area (Å²) in [6, 6.07) is 12.0. The van der Waals surface area contributed by atoms with E-state index in [2.05, 4.69) is 4.98 Å². The van der Waals surface area contributed by atoms with Gasteiger partial charge in [-0.3, -0.25) is 5.41 Å². The van der Waals surface area contributed by atoms with Gasteiger partial charge in [-0.25, -0.2) is 14.0 Å². The van der Waals surface area contributed by atoms with Crippen molar-refractivity contribution in [2.75, 3.05) is 0 Å². The molecule has 0 radical (unpaired) electrons. The molecule has 1 heterocycles. The minimum Gasteiger partial charge on any atom is -0.507 e. The SMILES string of the molecule is N=C(N)c1ccc2[nH]c(-c3cc(/C(=C/C(=O)O)C(=O)O)cc(-c4cc(F)ccc4O)c3O)cc2c1. The van der Waals surface area contributed by atoms with Gasteiger partial charge in [-0.1, -0.05) is 0 Å². The van der Waals surface area contributed by atoms with E-state index in [1.165, 1.54) is 6.07 Å². The second-order valence-electron chi connectivity index (χ2n) is 7.68. The molecule has 0 saturated carbocycles. The molecule has 35 heavy (non-hydrogen) atoms. The number of nitrogens with one attached hydrogen (secondary N) is 2. The number of aliphatic carboxylic acids is 2. The van der Waals surface area contributed by atoms with Crippen LogP contribution in [0.2, 0.25) is 0 Å². The van der Waals surface area contributed by atoms with Crippen molar-refractivity contribution in [2.24, 2.45) is 5.73 Å². The fourth-order valence-corrected chi connectivity index (χ4v) is 3.76. The van der Waals surface area contributed by atoms with E-state index in [9.17, 15) is 29.3 Å². The first kappa shape index (κ1) is 23.1. The molecule has 176 valence electrons. The van der Waals surface area contributed by atoms with Crippen LogP contribution in [0.1, 0.15) is 11.1 Å². The van der Waals surface area contributed by atoms with Crippen LogP contribution in [0, 0.1) is 11.2 Å². The molecule has 0 saturated heterocycles. The zero-order valence-electron chi connectivity index (χ0n) is 17.8. The van der Waals surface area contributed by atoms with E-state index >= 15 is 0 Å². The Morgan fingerprint density at radius 3 is 2.29 bits per heavy atom. The van der Waals surface area contributed by atoms with Gasteiger partial charge in [0.05, 0.1) is 11.3 Å². The Morgan fingerprint density at radius 2 is 1.63 bits per heavy atom. The van der Waals surface area contributed by atoms with Crippen LogP contribution in [-0.2, 0) is 9.59 Å². The lowest BCUT2D eigenvalue weighted by Gasteiger charge is -2.14. The second-order valence-corrected chi connectivity index (χ2v) is 7.68. The molecule has 0 unspecified atom stereocenters. The Labute approximate surface area is 196 Å². The van der Waals surface area contributed by atoms with Crippen LogP contribution < -0.4 is 5.73 Å². The molecule has 8 N–H and O–H groups in total. The van der Waals surface area contributed by atoms with E-state index in [4.69, 9.17) is 16.2 Å². The predicted octanol–water partition coefficient (Wildman–Crippen LogP) is 3.89. The number of H-pyrrole nitrogens is 1. The van der Waals surface area contributed by atoms with Gasteiger partial charge in [-0.05, 0) is 60.2 Å². The number of halogens is 1. The lowest BCUT2D eigenvalue weighted by Crippen LogP contribution is -2.10. The van der Waals surface area contributed by atoms with Gasteiger partial charge in [-0.2, -0.15) is 0 Å². The summed E-state index contributed by atoms with van der Waals surface area (Å²) in [6.45, 7) is 0.